The van der Waals surface area contributed by atoms with E-state index in [0.29, 0.717) is 5.38 Å². The first-order valence-corrected chi connectivity index (χ1v) is 6.80. The zero-order chi connectivity index (χ0) is 11.5. The fraction of sp³-hybridized carbons (Fsp3) is 0.600. The van der Waals surface area contributed by atoms with Gasteiger partial charge >= 0.3 is 0 Å². The zero-order valence-corrected chi connectivity index (χ0v) is 11.0. The van der Waals surface area contributed by atoms with Crippen molar-refractivity contribution in [3.8, 4) is 0 Å². The Hall–Kier alpha value is -0.490. The highest BCUT2D eigenvalue weighted by Gasteiger charge is 2.29. The maximum Gasteiger partial charge on any atom is 0.0407 e. The first-order chi connectivity index (χ1) is 7.66. The molecule has 3 unspecified atom stereocenters. The number of rotatable bonds is 3. The van der Waals surface area contributed by atoms with Crippen LogP contribution >= 0.6 is 11.6 Å². The molecule has 0 nitrogen and oxygen atoms in total. The molecule has 1 aliphatic carbocycles. The van der Waals surface area contributed by atoms with Crippen molar-refractivity contribution >= 4 is 11.6 Å². The number of halogens is 1. The van der Waals surface area contributed by atoms with Crippen LogP contribution in [0.4, 0.5) is 0 Å². The predicted molar refractivity (Wildman–Crippen MR) is 71.0 cm³/mol. The SMILES string of the molecule is Cc1ccc(CC(Cl)C2CCCC2C)cc1. The molecular formula is C15H21Cl. The number of aryl methyl sites for hydroxylation is 1. The smallest absolute Gasteiger partial charge is 0.0407 e. The van der Waals surface area contributed by atoms with Gasteiger partial charge in [0.1, 0.15) is 0 Å². The number of hydrogen-bond donors (Lipinski definition) is 0. The van der Waals surface area contributed by atoms with E-state index in [0.717, 1.165) is 18.3 Å². The van der Waals surface area contributed by atoms with E-state index in [1.807, 2.05) is 0 Å². The highest BCUT2D eigenvalue weighted by atomic mass is 35.5. The molecule has 1 aromatic carbocycles. The van der Waals surface area contributed by atoms with Crippen molar-refractivity contribution in [3.63, 3.8) is 0 Å². The lowest BCUT2D eigenvalue weighted by atomic mass is 9.91. The lowest BCUT2D eigenvalue weighted by Gasteiger charge is -2.21. The summed E-state index contributed by atoms with van der Waals surface area (Å²) in [4.78, 5) is 0. The third kappa shape index (κ3) is 2.79. The molecule has 1 heteroatoms. The summed E-state index contributed by atoms with van der Waals surface area (Å²) >= 11 is 6.56. The molecule has 88 valence electrons. The predicted octanol–water partition coefficient (Wildman–Crippen LogP) is 4.58. The Kier molecular flexibility index (Phi) is 3.91. The molecule has 1 aromatic rings. The number of alkyl halides is 1. The van der Waals surface area contributed by atoms with Gasteiger partial charge in [0.2, 0.25) is 0 Å². The summed E-state index contributed by atoms with van der Waals surface area (Å²) in [6, 6.07) is 8.78. The number of benzene rings is 1. The quantitative estimate of drug-likeness (QED) is 0.674. The first kappa shape index (κ1) is 12.0. The van der Waals surface area contributed by atoms with E-state index in [9.17, 15) is 0 Å². The van der Waals surface area contributed by atoms with Crippen molar-refractivity contribution in [2.24, 2.45) is 11.8 Å². The summed E-state index contributed by atoms with van der Waals surface area (Å²) in [5, 5.41) is 0.320. The zero-order valence-electron chi connectivity index (χ0n) is 10.2. The largest absolute Gasteiger partial charge is 0.122 e. The Morgan fingerprint density at radius 3 is 2.50 bits per heavy atom. The highest BCUT2D eigenvalue weighted by molar-refractivity contribution is 6.21. The standard InChI is InChI=1S/C15H21Cl/c1-11-6-8-13(9-7-11)10-15(16)14-5-3-4-12(14)2/h6-9,12,14-15H,3-5,10H2,1-2H3. The van der Waals surface area contributed by atoms with Crippen LogP contribution < -0.4 is 0 Å². The Morgan fingerprint density at radius 1 is 1.25 bits per heavy atom. The summed E-state index contributed by atoms with van der Waals surface area (Å²) in [5.74, 6) is 1.54. The van der Waals surface area contributed by atoms with Crippen LogP contribution in [-0.4, -0.2) is 5.38 Å². The molecule has 2 rings (SSSR count). The minimum atomic E-state index is 0.320. The van der Waals surface area contributed by atoms with Gasteiger partial charge in [-0.1, -0.05) is 49.6 Å². The van der Waals surface area contributed by atoms with E-state index in [-0.39, 0.29) is 0 Å². The maximum absolute atomic E-state index is 6.56. The minimum absolute atomic E-state index is 0.320. The molecule has 0 heterocycles. The third-order valence-corrected chi connectivity index (χ3v) is 4.42. The van der Waals surface area contributed by atoms with Crippen molar-refractivity contribution in [3.05, 3.63) is 35.4 Å². The third-order valence-electron chi connectivity index (χ3n) is 3.94. The molecule has 0 saturated heterocycles. The van der Waals surface area contributed by atoms with Gasteiger partial charge in [0.15, 0.2) is 0 Å². The molecule has 0 amide bonds. The molecule has 0 aromatic heterocycles. The molecule has 0 aliphatic heterocycles. The average Bonchev–Trinajstić information content (AvgIpc) is 2.68. The normalized spacial score (nSPS) is 26.9. The van der Waals surface area contributed by atoms with Gasteiger partial charge in [-0.05, 0) is 37.2 Å². The van der Waals surface area contributed by atoms with E-state index < -0.39 is 0 Å². The molecular weight excluding hydrogens is 216 g/mol. The Labute approximate surface area is 104 Å². The Bertz CT molecular complexity index is 328. The summed E-state index contributed by atoms with van der Waals surface area (Å²) in [6.45, 7) is 4.48. The molecule has 0 N–H and O–H groups in total. The van der Waals surface area contributed by atoms with Gasteiger partial charge in [-0.25, -0.2) is 0 Å². The van der Waals surface area contributed by atoms with E-state index in [1.54, 1.807) is 0 Å². The van der Waals surface area contributed by atoms with Gasteiger partial charge in [0.25, 0.3) is 0 Å². The van der Waals surface area contributed by atoms with Crippen molar-refractivity contribution in [1.82, 2.24) is 0 Å². The maximum atomic E-state index is 6.56. The van der Waals surface area contributed by atoms with Crippen molar-refractivity contribution in [2.75, 3.05) is 0 Å². The van der Waals surface area contributed by atoms with Gasteiger partial charge in [-0.3, -0.25) is 0 Å². The van der Waals surface area contributed by atoms with Gasteiger partial charge < -0.3 is 0 Å². The average molecular weight is 237 g/mol. The van der Waals surface area contributed by atoms with Crippen molar-refractivity contribution < 1.29 is 0 Å². The summed E-state index contributed by atoms with van der Waals surface area (Å²) in [6.07, 6.45) is 5.07. The molecule has 0 radical (unpaired) electrons. The van der Waals surface area contributed by atoms with Crippen LogP contribution in [0.3, 0.4) is 0 Å². The number of hydrogen-bond acceptors (Lipinski definition) is 0. The van der Waals surface area contributed by atoms with Crippen LogP contribution in [0.5, 0.6) is 0 Å². The van der Waals surface area contributed by atoms with Crippen LogP contribution in [0, 0.1) is 18.8 Å². The highest BCUT2D eigenvalue weighted by Crippen LogP contribution is 2.37. The lowest BCUT2D eigenvalue weighted by molar-refractivity contribution is 0.398. The Balaban J connectivity index is 1.96. The second kappa shape index (κ2) is 5.23. The molecule has 1 saturated carbocycles. The molecule has 1 fully saturated rings. The van der Waals surface area contributed by atoms with E-state index in [2.05, 4.69) is 38.1 Å². The fourth-order valence-corrected chi connectivity index (χ4v) is 3.36. The van der Waals surface area contributed by atoms with Crippen LogP contribution in [0.1, 0.15) is 37.3 Å². The molecule has 3 atom stereocenters. The monoisotopic (exact) mass is 236 g/mol. The molecule has 1 aliphatic rings. The minimum Gasteiger partial charge on any atom is -0.122 e. The second-order valence-corrected chi connectivity index (χ2v) is 5.84. The van der Waals surface area contributed by atoms with Crippen LogP contribution in [0.25, 0.3) is 0 Å². The summed E-state index contributed by atoms with van der Waals surface area (Å²) in [5.41, 5.74) is 2.70. The summed E-state index contributed by atoms with van der Waals surface area (Å²) < 4.78 is 0. The van der Waals surface area contributed by atoms with Crippen molar-refractivity contribution in [2.45, 2.75) is 44.9 Å². The van der Waals surface area contributed by atoms with Gasteiger partial charge in [0, 0.05) is 5.38 Å². The van der Waals surface area contributed by atoms with Crippen molar-refractivity contribution in [1.29, 1.82) is 0 Å². The van der Waals surface area contributed by atoms with Gasteiger partial charge in [-0.2, -0.15) is 0 Å². The fourth-order valence-electron chi connectivity index (χ4n) is 2.81. The van der Waals surface area contributed by atoms with E-state index >= 15 is 0 Å². The molecule has 0 bridgehead atoms. The van der Waals surface area contributed by atoms with E-state index in [1.165, 1.54) is 30.4 Å². The Morgan fingerprint density at radius 2 is 1.94 bits per heavy atom. The van der Waals surface area contributed by atoms with E-state index in [4.69, 9.17) is 11.6 Å². The lowest BCUT2D eigenvalue weighted by Crippen LogP contribution is -2.19. The topological polar surface area (TPSA) is 0 Å². The van der Waals surface area contributed by atoms with Gasteiger partial charge in [-0.15, -0.1) is 11.6 Å². The van der Waals surface area contributed by atoms with Crippen LogP contribution in [0.15, 0.2) is 24.3 Å². The summed E-state index contributed by atoms with van der Waals surface area (Å²) in [7, 11) is 0. The van der Waals surface area contributed by atoms with Crippen LogP contribution in [-0.2, 0) is 6.42 Å². The first-order valence-electron chi connectivity index (χ1n) is 6.36. The molecule has 16 heavy (non-hydrogen) atoms. The molecule has 0 spiro atoms. The van der Waals surface area contributed by atoms with Crippen LogP contribution in [0.2, 0.25) is 0 Å². The van der Waals surface area contributed by atoms with Gasteiger partial charge in [0.05, 0.1) is 0 Å². The second-order valence-electron chi connectivity index (χ2n) is 5.28.